The van der Waals surface area contributed by atoms with Gasteiger partial charge in [-0.15, -0.1) is 0 Å². The van der Waals surface area contributed by atoms with Crippen LogP contribution in [0.25, 0.3) is 22.3 Å². The van der Waals surface area contributed by atoms with E-state index >= 15 is 0 Å². The molecule has 3 aromatic carbocycles. The van der Waals surface area contributed by atoms with Gasteiger partial charge in [0.15, 0.2) is 0 Å². The van der Waals surface area contributed by atoms with Crippen molar-refractivity contribution in [2.75, 3.05) is 13.2 Å². The van der Waals surface area contributed by atoms with Gasteiger partial charge < -0.3 is 9.47 Å². The molecular weight excluding hydrogens is 464 g/mol. The molecule has 0 heterocycles. The van der Waals surface area contributed by atoms with Crippen molar-refractivity contribution in [2.45, 2.75) is 104 Å². The van der Waals surface area contributed by atoms with Crippen LogP contribution in [0.15, 0.2) is 72.8 Å². The highest BCUT2D eigenvalue weighted by atomic mass is 16.5. The molecule has 0 fully saturated rings. The molecule has 0 aromatic heterocycles. The van der Waals surface area contributed by atoms with Crippen LogP contribution in [0.1, 0.15) is 109 Å². The van der Waals surface area contributed by atoms with E-state index in [0.717, 1.165) is 31.8 Å². The summed E-state index contributed by atoms with van der Waals surface area (Å²) in [5, 5.41) is 0. The zero-order valence-corrected chi connectivity index (χ0v) is 24.2. The van der Waals surface area contributed by atoms with E-state index in [4.69, 9.17) is 9.47 Å². The van der Waals surface area contributed by atoms with Crippen molar-refractivity contribution in [3.05, 3.63) is 78.4 Å². The molecule has 0 radical (unpaired) electrons. The molecule has 0 aliphatic rings. The van der Waals surface area contributed by atoms with Gasteiger partial charge >= 0.3 is 0 Å². The zero-order chi connectivity index (χ0) is 26.8. The van der Waals surface area contributed by atoms with Gasteiger partial charge in [0, 0.05) is 6.61 Å². The third kappa shape index (κ3) is 10.3. The maximum atomic E-state index is 6.15. The molecule has 0 saturated carbocycles. The highest BCUT2D eigenvalue weighted by Crippen LogP contribution is 2.33. The summed E-state index contributed by atoms with van der Waals surface area (Å²) < 4.78 is 12.1. The zero-order valence-electron chi connectivity index (χ0n) is 24.2. The first-order valence-corrected chi connectivity index (χ1v) is 15.3. The molecule has 2 nitrogen and oxygen atoms in total. The predicted octanol–water partition coefficient (Wildman–Crippen LogP) is 11.2. The van der Waals surface area contributed by atoms with Crippen molar-refractivity contribution in [1.82, 2.24) is 0 Å². The summed E-state index contributed by atoms with van der Waals surface area (Å²) in [5.74, 6) is 0.955. The maximum absolute atomic E-state index is 6.15. The van der Waals surface area contributed by atoms with Gasteiger partial charge in [-0.25, -0.2) is 0 Å². The van der Waals surface area contributed by atoms with E-state index in [1.807, 2.05) is 0 Å². The largest absolute Gasteiger partial charge is 0.494 e. The fourth-order valence-electron chi connectivity index (χ4n) is 4.96. The SMILES string of the molecule is CCCCCCCCCOC(C)c1ccc(-c2ccccc2-c2ccc(OCCCCCCC)cc2)cc1. The van der Waals surface area contributed by atoms with Gasteiger partial charge in [0.1, 0.15) is 5.75 Å². The highest BCUT2D eigenvalue weighted by Gasteiger charge is 2.10. The van der Waals surface area contributed by atoms with Crippen LogP contribution in [-0.4, -0.2) is 13.2 Å². The summed E-state index contributed by atoms with van der Waals surface area (Å²) in [7, 11) is 0. The monoisotopic (exact) mass is 514 g/mol. The van der Waals surface area contributed by atoms with Crippen LogP contribution < -0.4 is 4.74 Å². The second-order valence-corrected chi connectivity index (χ2v) is 10.6. The first-order valence-electron chi connectivity index (χ1n) is 15.3. The Hall–Kier alpha value is -2.58. The fourth-order valence-corrected chi connectivity index (χ4v) is 4.96. The summed E-state index contributed by atoms with van der Waals surface area (Å²) in [4.78, 5) is 0. The molecule has 3 aromatic rings. The number of ether oxygens (including phenoxy) is 2. The molecule has 206 valence electrons. The molecular formula is C36H50O2. The third-order valence-electron chi connectivity index (χ3n) is 7.42. The Labute approximate surface area is 232 Å². The number of unbranched alkanes of at least 4 members (excludes halogenated alkanes) is 10. The normalized spacial score (nSPS) is 12.0. The quantitative estimate of drug-likeness (QED) is 0.148. The number of hydrogen-bond acceptors (Lipinski definition) is 2. The average molecular weight is 515 g/mol. The van der Waals surface area contributed by atoms with Gasteiger partial charge in [-0.2, -0.15) is 0 Å². The highest BCUT2D eigenvalue weighted by molar-refractivity contribution is 5.83. The van der Waals surface area contributed by atoms with E-state index in [9.17, 15) is 0 Å². The lowest BCUT2D eigenvalue weighted by atomic mass is 9.94. The molecule has 0 amide bonds. The standard InChI is InChI=1S/C36H50O2/c1-4-6-8-10-11-13-16-28-37-30(3)31-20-22-32(23-21-31)35-18-14-15-19-36(35)33-24-26-34(27-25-33)38-29-17-12-9-7-5-2/h14-15,18-27,30H,4-13,16-17,28-29H2,1-3H3. The van der Waals surface area contributed by atoms with Gasteiger partial charge in [0.2, 0.25) is 0 Å². The molecule has 0 aliphatic carbocycles. The molecule has 0 N–H and O–H groups in total. The van der Waals surface area contributed by atoms with Gasteiger partial charge in [-0.1, -0.05) is 139 Å². The van der Waals surface area contributed by atoms with Crippen molar-refractivity contribution < 1.29 is 9.47 Å². The molecule has 0 saturated heterocycles. The Kier molecular flexibility index (Phi) is 14.1. The van der Waals surface area contributed by atoms with E-state index in [0.29, 0.717) is 0 Å². The lowest BCUT2D eigenvalue weighted by Crippen LogP contribution is -2.02. The van der Waals surface area contributed by atoms with Crippen LogP contribution in [0, 0.1) is 0 Å². The number of hydrogen-bond donors (Lipinski definition) is 0. The summed E-state index contributed by atoms with van der Waals surface area (Å²) in [6, 6.07) is 26.1. The van der Waals surface area contributed by atoms with E-state index in [1.165, 1.54) is 92.0 Å². The van der Waals surface area contributed by atoms with E-state index in [2.05, 4.69) is 93.6 Å². The lowest BCUT2D eigenvalue weighted by molar-refractivity contribution is 0.0627. The Morgan fingerprint density at radius 3 is 1.55 bits per heavy atom. The van der Waals surface area contributed by atoms with Crippen LogP contribution >= 0.6 is 0 Å². The average Bonchev–Trinajstić information content (AvgIpc) is 2.96. The minimum absolute atomic E-state index is 0.124. The van der Waals surface area contributed by atoms with Gasteiger partial charge in [-0.3, -0.25) is 0 Å². The van der Waals surface area contributed by atoms with Crippen LogP contribution in [0.2, 0.25) is 0 Å². The van der Waals surface area contributed by atoms with Crippen molar-refractivity contribution >= 4 is 0 Å². The Morgan fingerprint density at radius 2 is 1.00 bits per heavy atom. The van der Waals surface area contributed by atoms with Crippen molar-refractivity contribution in [3.8, 4) is 28.0 Å². The minimum Gasteiger partial charge on any atom is -0.494 e. The van der Waals surface area contributed by atoms with Crippen LogP contribution in [-0.2, 0) is 4.74 Å². The molecule has 1 unspecified atom stereocenters. The first-order chi connectivity index (χ1) is 18.7. The molecule has 38 heavy (non-hydrogen) atoms. The van der Waals surface area contributed by atoms with E-state index < -0.39 is 0 Å². The third-order valence-corrected chi connectivity index (χ3v) is 7.42. The summed E-state index contributed by atoms with van der Waals surface area (Å²) in [5.41, 5.74) is 6.18. The Bertz CT molecular complexity index is 1010. The summed E-state index contributed by atoms with van der Waals surface area (Å²) >= 11 is 0. The molecule has 0 spiro atoms. The molecule has 2 heteroatoms. The van der Waals surface area contributed by atoms with Crippen molar-refractivity contribution in [2.24, 2.45) is 0 Å². The molecule has 0 aliphatic heterocycles. The maximum Gasteiger partial charge on any atom is 0.119 e. The van der Waals surface area contributed by atoms with Crippen LogP contribution in [0.5, 0.6) is 5.75 Å². The Morgan fingerprint density at radius 1 is 0.526 bits per heavy atom. The van der Waals surface area contributed by atoms with Gasteiger partial charge in [0.25, 0.3) is 0 Å². The molecule has 3 rings (SSSR count). The van der Waals surface area contributed by atoms with E-state index in [-0.39, 0.29) is 6.10 Å². The van der Waals surface area contributed by atoms with Gasteiger partial charge in [0.05, 0.1) is 12.7 Å². The predicted molar refractivity (Wildman–Crippen MR) is 164 cm³/mol. The number of rotatable bonds is 19. The van der Waals surface area contributed by atoms with Crippen LogP contribution in [0.3, 0.4) is 0 Å². The van der Waals surface area contributed by atoms with Crippen LogP contribution in [0.4, 0.5) is 0 Å². The van der Waals surface area contributed by atoms with Crippen molar-refractivity contribution in [1.29, 1.82) is 0 Å². The first kappa shape index (κ1) is 30.0. The number of benzene rings is 3. The molecule has 0 bridgehead atoms. The van der Waals surface area contributed by atoms with Gasteiger partial charge in [-0.05, 0) is 59.7 Å². The summed E-state index contributed by atoms with van der Waals surface area (Å²) in [6.45, 7) is 8.33. The van der Waals surface area contributed by atoms with Crippen molar-refractivity contribution in [3.63, 3.8) is 0 Å². The topological polar surface area (TPSA) is 18.5 Å². The minimum atomic E-state index is 0.124. The Balaban J connectivity index is 1.52. The fraction of sp³-hybridized carbons (Fsp3) is 0.500. The second kappa shape index (κ2) is 17.8. The lowest BCUT2D eigenvalue weighted by Gasteiger charge is -2.15. The second-order valence-electron chi connectivity index (χ2n) is 10.6. The van der Waals surface area contributed by atoms with E-state index in [1.54, 1.807) is 0 Å². The smallest absolute Gasteiger partial charge is 0.119 e. The molecule has 1 atom stereocenters. The summed E-state index contributed by atoms with van der Waals surface area (Å²) in [6.07, 6.45) is 15.6.